The maximum Gasteiger partial charge on any atom is 0.0625 e. The van der Waals surface area contributed by atoms with Crippen LogP contribution in [-0.4, -0.2) is 12.1 Å². The largest absolute Gasteiger partial charge is 0.365 e. The number of halogens is 1. The van der Waals surface area contributed by atoms with Gasteiger partial charge in [0.1, 0.15) is 0 Å². The van der Waals surface area contributed by atoms with Gasteiger partial charge in [0.15, 0.2) is 0 Å². The molecular weight excluding hydrogens is 288 g/mol. The Bertz CT molecular complexity index is 462. The molecule has 0 aliphatic carbocycles. The van der Waals surface area contributed by atoms with Crippen molar-refractivity contribution in [3.63, 3.8) is 0 Å². The highest BCUT2D eigenvalue weighted by Gasteiger charge is 2.34. The average Bonchev–Trinajstić information content (AvgIpc) is 2.33. The van der Waals surface area contributed by atoms with Gasteiger partial charge in [0.2, 0.25) is 0 Å². The first kappa shape index (κ1) is 13.4. The van der Waals surface area contributed by atoms with Crippen LogP contribution in [0.25, 0.3) is 0 Å². The van der Waals surface area contributed by atoms with Crippen LogP contribution in [0.5, 0.6) is 0 Å². The van der Waals surface area contributed by atoms with Gasteiger partial charge in [-0.15, -0.1) is 0 Å². The van der Waals surface area contributed by atoms with Gasteiger partial charge in [-0.3, -0.25) is 0 Å². The molecular formula is C15H19BrN2. The third-order valence-corrected chi connectivity index (χ3v) is 4.53. The first-order chi connectivity index (χ1) is 8.54. The molecule has 1 aliphatic heterocycles. The molecule has 2 nitrogen and oxygen atoms in total. The van der Waals surface area contributed by atoms with Crippen molar-refractivity contribution in [1.29, 1.82) is 5.26 Å². The summed E-state index contributed by atoms with van der Waals surface area (Å²) in [6.07, 6.45) is 2.96. The average molecular weight is 307 g/mol. The van der Waals surface area contributed by atoms with Crippen molar-refractivity contribution in [2.75, 3.05) is 11.4 Å². The first-order valence-corrected chi connectivity index (χ1v) is 7.23. The summed E-state index contributed by atoms with van der Waals surface area (Å²) in [5.41, 5.74) is 1.40. The second-order valence-electron chi connectivity index (χ2n) is 5.64. The van der Waals surface area contributed by atoms with Crippen LogP contribution >= 0.6 is 15.9 Å². The minimum Gasteiger partial charge on any atom is -0.365 e. The Hall–Kier alpha value is -1.01. The number of anilines is 1. The molecule has 0 bridgehead atoms. The maximum absolute atomic E-state index is 8.88. The fourth-order valence-electron chi connectivity index (χ4n) is 2.68. The summed E-state index contributed by atoms with van der Waals surface area (Å²) >= 11 is 3.64. The van der Waals surface area contributed by atoms with Crippen LogP contribution in [0.2, 0.25) is 0 Å². The second-order valence-corrected chi connectivity index (χ2v) is 6.50. The van der Waals surface area contributed by atoms with E-state index >= 15 is 0 Å². The van der Waals surface area contributed by atoms with Crippen molar-refractivity contribution in [3.05, 3.63) is 28.7 Å². The Labute approximate surface area is 118 Å². The zero-order chi connectivity index (χ0) is 13.2. The fourth-order valence-corrected chi connectivity index (χ4v) is 3.18. The topological polar surface area (TPSA) is 27.0 Å². The molecule has 0 spiro atoms. The van der Waals surface area contributed by atoms with Crippen molar-refractivity contribution in [3.8, 4) is 6.07 Å². The highest BCUT2D eigenvalue weighted by atomic mass is 79.9. The smallest absolute Gasteiger partial charge is 0.0625 e. The monoisotopic (exact) mass is 306 g/mol. The lowest BCUT2D eigenvalue weighted by atomic mass is 9.83. The van der Waals surface area contributed by atoms with Crippen LogP contribution in [0.1, 0.15) is 33.1 Å². The summed E-state index contributed by atoms with van der Waals surface area (Å²) < 4.78 is 1.13. The molecule has 1 fully saturated rings. The van der Waals surface area contributed by atoms with Crippen molar-refractivity contribution in [2.45, 2.75) is 38.6 Å². The van der Waals surface area contributed by atoms with E-state index in [2.05, 4.69) is 58.9 Å². The van der Waals surface area contributed by atoms with Crippen LogP contribution in [-0.2, 0) is 0 Å². The molecule has 0 radical (unpaired) electrons. The molecule has 1 saturated heterocycles. The highest BCUT2D eigenvalue weighted by Crippen LogP contribution is 2.38. The van der Waals surface area contributed by atoms with E-state index in [1.807, 2.05) is 6.07 Å². The number of benzene rings is 1. The van der Waals surface area contributed by atoms with E-state index < -0.39 is 0 Å². The summed E-state index contributed by atoms with van der Waals surface area (Å²) in [5, 5.41) is 8.88. The van der Waals surface area contributed by atoms with Gasteiger partial charge in [0.25, 0.3) is 0 Å². The maximum atomic E-state index is 8.88. The lowest BCUT2D eigenvalue weighted by molar-refractivity contribution is 0.293. The van der Waals surface area contributed by atoms with E-state index in [1.165, 1.54) is 5.69 Å². The van der Waals surface area contributed by atoms with Gasteiger partial charge in [-0.1, -0.05) is 12.1 Å². The third kappa shape index (κ3) is 2.70. The van der Waals surface area contributed by atoms with Crippen LogP contribution in [0.4, 0.5) is 5.69 Å². The quantitative estimate of drug-likeness (QED) is 0.812. The summed E-state index contributed by atoms with van der Waals surface area (Å²) in [6, 6.07) is 10.7. The molecule has 96 valence electrons. The summed E-state index contributed by atoms with van der Waals surface area (Å²) in [4.78, 5) is 2.45. The third-order valence-electron chi connectivity index (χ3n) is 3.86. The Morgan fingerprint density at radius 2 is 2.17 bits per heavy atom. The zero-order valence-corrected chi connectivity index (χ0v) is 12.6. The van der Waals surface area contributed by atoms with E-state index in [4.69, 9.17) is 5.26 Å². The van der Waals surface area contributed by atoms with Crippen LogP contribution < -0.4 is 4.90 Å². The summed E-state index contributed by atoms with van der Waals surface area (Å²) in [5.74, 6) is 0.495. The number of piperidine rings is 1. The number of nitriles is 1. The zero-order valence-electron chi connectivity index (χ0n) is 11.0. The summed E-state index contributed by atoms with van der Waals surface area (Å²) in [7, 11) is 0. The molecule has 0 aromatic heterocycles. The van der Waals surface area contributed by atoms with Crippen LogP contribution in [0, 0.1) is 17.2 Å². The molecule has 1 atom stereocenters. The molecule has 0 amide bonds. The van der Waals surface area contributed by atoms with E-state index in [0.717, 1.165) is 23.9 Å². The van der Waals surface area contributed by atoms with Gasteiger partial charge in [-0.05, 0) is 60.7 Å². The lowest BCUT2D eigenvalue weighted by Gasteiger charge is -2.47. The normalized spacial score (nSPS) is 22.6. The predicted molar refractivity (Wildman–Crippen MR) is 78.5 cm³/mol. The van der Waals surface area contributed by atoms with Crippen LogP contribution in [0.3, 0.4) is 0 Å². The minimum atomic E-state index is 0.163. The molecule has 3 heteroatoms. The molecule has 1 unspecified atom stereocenters. The van der Waals surface area contributed by atoms with E-state index in [0.29, 0.717) is 12.3 Å². The number of hydrogen-bond donors (Lipinski definition) is 0. The van der Waals surface area contributed by atoms with Crippen LogP contribution in [0.15, 0.2) is 28.7 Å². The first-order valence-electron chi connectivity index (χ1n) is 6.44. The van der Waals surface area contributed by atoms with Gasteiger partial charge >= 0.3 is 0 Å². The van der Waals surface area contributed by atoms with E-state index in [9.17, 15) is 0 Å². The Morgan fingerprint density at radius 1 is 1.44 bits per heavy atom. The highest BCUT2D eigenvalue weighted by molar-refractivity contribution is 9.10. The SMILES string of the molecule is CC1(C)CCC(CC#N)CN1c1ccccc1Br. The molecule has 1 aromatic rings. The standard InChI is InChI=1S/C15H19BrN2/c1-15(2)9-7-12(8-10-17)11-18(15)14-6-4-3-5-13(14)16/h3-6,12H,7-9,11H2,1-2H3. The second kappa shape index (κ2) is 5.32. The molecule has 18 heavy (non-hydrogen) atoms. The van der Waals surface area contributed by atoms with E-state index in [-0.39, 0.29) is 5.54 Å². The van der Waals surface area contributed by atoms with Gasteiger partial charge in [0, 0.05) is 23.0 Å². The van der Waals surface area contributed by atoms with Gasteiger partial charge in [-0.2, -0.15) is 5.26 Å². The van der Waals surface area contributed by atoms with E-state index in [1.54, 1.807) is 0 Å². The molecule has 1 aromatic carbocycles. The molecule has 1 heterocycles. The van der Waals surface area contributed by atoms with Crippen molar-refractivity contribution in [1.82, 2.24) is 0 Å². The fraction of sp³-hybridized carbons (Fsp3) is 0.533. The summed E-state index contributed by atoms with van der Waals surface area (Å²) in [6.45, 7) is 5.55. The van der Waals surface area contributed by atoms with Gasteiger partial charge < -0.3 is 4.90 Å². The Kier molecular flexibility index (Phi) is 3.97. The van der Waals surface area contributed by atoms with Gasteiger partial charge in [-0.25, -0.2) is 0 Å². The molecule has 1 aliphatic rings. The Balaban J connectivity index is 2.28. The molecule has 0 saturated carbocycles. The number of hydrogen-bond acceptors (Lipinski definition) is 2. The van der Waals surface area contributed by atoms with Crippen molar-refractivity contribution >= 4 is 21.6 Å². The van der Waals surface area contributed by atoms with Crippen molar-refractivity contribution < 1.29 is 0 Å². The molecule has 0 N–H and O–H groups in total. The van der Waals surface area contributed by atoms with Gasteiger partial charge in [0.05, 0.1) is 11.8 Å². The predicted octanol–water partition coefficient (Wildman–Crippen LogP) is 4.36. The number of rotatable bonds is 2. The van der Waals surface area contributed by atoms with Crippen molar-refractivity contribution in [2.24, 2.45) is 5.92 Å². The number of nitrogens with zero attached hydrogens (tertiary/aromatic N) is 2. The Morgan fingerprint density at radius 3 is 2.83 bits per heavy atom. The molecule has 2 rings (SSSR count). The number of para-hydroxylation sites is 1. The minimum absolute atomic E-state index is 0.163. The lowest BCUT2D eigenvalue weighted by Crippen LogP contribution is -2.50.